The third kappa shape index (κ3) is 3.91. The Morgan fingerprint density at radius 2 is 2.14 bits per heavy atom. The molecule has 0 saturated heterocycles. The lowest BCUT2D eigenvalue weighted by Gasteiger charge is -2.06. The van der Waals surface area contributed by atoms with Crippen molar-refractivity contribution in [3.8, 4) is 0 Å². The third-order valence-corrected chi connectivity index (χ3v) is 3.41. The summed E-state index contributed by atoms with van der Waals surface area (Å²) in [4.78, 5) is 23.5. The molecule has 7 heteroatoms. The zero-order chi connectivity index (χ0) is 15.4. The van der Waals surface area contributed by atoms with Gasteiger partial charge in [0, 0.05) is 23.3 Å². The first-order chi connectivity index (χ1) is 9.99. The second-order valence-corrected chi connectivity index (χ2v) is 5.43. The van der Waals surface area contributed by atoms with Crippen LogP contribution in [0.1, 0.15) is 15.9 Å². The van der Waals surface area contributed by atoms with Gasteiger partial charge in [-0.15, -0.1) is 0 Å². The van der Waals surface area contributed by atoms with Gasteiger partial charge in [-0.25, -0.2) is 0 Å². The second kappa shape index (κ2) is 6.53. The van der Waals surface area contributed by atoms with Crippen LogP contribution in [-0.2, 0) is 11.3 Å². The van der Waals surface area contributed by atoms with Gasteiger partial charge in [0.05, 0.1) is 11.9 Å². The summed E-state index contributed by atoms with van der Waals surface area (Å²) in [5.41, 5.74) is 2.01. The smallest absolute Gasteiger partial charge is 0.256 e. The molecule has 110 valence electrons. The number of aromatic nitrogens is 2. The standard InChI is InChI=1S/C14H15BrN4O2/c1-9-3-4-10(15)5-12(9)14(21)18-11-6-17-19(7-11)8-13(20)16-2/h3-7H,8H2,1-2H3,(H,16,20)(H,18,21). The van der Waals surface area contributed by atoms with E-state index in [1.165, 1.54) is 10.9 Å². The molecule has 1 aromatic carbocycles. The van der Waals surface area contributed by atoms with E-state index in [0.717, 1.165) is 10.0 Å². The molecule has 6 nitrogen and oxygen atoms in total. The van der Waals surface area contributed by atoms with Crippen LogP contribution in [0.4, 0.5) is 5.69 Å². The van der Waals surface area contributed by atoms with Crippen LogP contribution in [0, 0.1) is 6.92 Å². The monoisotopic (exact) mass is 350 g/mol. The van der Waals surface area contributed by atoms with Crippen LogP contribution in [0.25, 0.3) is 0 Å². The summed E-state index contributed by atoms with van der Waals surface area (Å²) in [5, 5.41) is 9.30. The number of halogens is 1. The van der Waals surface area contributed by atoms with E-state index in [1.807, 2.05) is 19.1 Å². The number of carbonyl (C=O) groups excluding carboxylic acids is 2. The van der Waals surface area contributed by atoms with Crippen LogP contribution in [0.3, 0.4) is 0 Å². The molecule has 0 atom stereocenters. The Bertz CT molecular complexity index is 681. The number of nitrogens with one attached hydrogen (secondary N) is 2. The van der Waals surface area contributed by atoms with Gasteiger partial charge in [0.15, 0.2) is 0 Å². The zero-order valence-corrected chi connectivity index (χ0v) is 13.3. The van der Waals surface area contributed by atoms with E-state index in [1.54, 1.807) is 19.3 Å². The minimum Gasteiger partial charge on any atom is -0.358 e. The Kier molecular flexibility index (Phi) is 4.74. The molecule has 2 amide bonds. The van der Waals surface area contributed by atoms with Crippen LogP contribution in [0.5, 0.6) is 0 Å². The van der Waals surface area contributed by atoms with Crippen LogP contribution < -0.4 is 10.6 Å². The third-order valence-electron chi connectivity index (χ3n) is 2.92. The van der Waals surface area contributed by atoms with E-state index in [-0.39, 0.29) is 18.4 Å². The fraction of sp³-hybridized carbons (Fsp3) is 0.214. The van der Waals surface area contributed by atoms with Gasteiger partial charge in [-0.3, -0.25) is 14.3 Å². The lowest BCUT2D eigenvalue weighted by atomic mass is 10.1. The van der Waals surface area contributed by atoms with E-state index in [2.05, 4.69) is 31.7 Å². The van der Waals surface area contributed by atoms with Crippen molar-refractivity contribution >= 4 is 33.4 Å². The van der Waals surface area contributed by atoms with Gasteiger partial charge in [0.25, 0.3) is 5.91 Å². The van der Waals surface area contributed by atoms with Crippen molar-refractivity contribution in [2.45, 2.75) is 13.5 Å². The Hall–Kier alpha value is -2.15. The molecule has 21 heavy (non-hydrogen) atoms. The Balaban J connectivity index is 2.09. The van der Waals surface area contributed by atoms with Gasteiger partial charge in [-0.2, -0.15) is 5.10 Å². The zero-order valence-electron chi connectivity index (χ0n) is 11.7. The van der Waals surface area contributed by atoms with Crippen molar-refractivity contribution < 1.29 is 9.59 Å². The van der Waals surface area contributed by atoms with Gasteiger partial charge in [0.1, 0.15) is 6.54 Å². The first-order valence-corrected chi connectivity index (χ1v) is 7.09. The molecule has 0 aliphatic rings. The fourth-order valence-corrected chi connectivity index (χ4v) is 2.14. The number of benzene rings is 1. The summed E-state index contributed by atoms with van der Waals surface area (Å²) in [6.07, 6.45) is 3.12. The van der Waals surface area contributed by atoms with Crippen LogP contribution in [0.15, 0.2) is 35.1 Å². The van der Waals surface area contributed by atoms with Gasteiger partial charge >= 0.3 is 0 Å². The number of likely N-dealkylation sites (N-methyl/N-ethyl adjacent to an activating group) is 1. The summed E-state index contributed by atoms with van der Waals surface area (Å²) < 4.78 is 2.30. The van der Waals surface area contributed by atoms with Crippen molar-refractivity contribution in [3.05, 3.63) is 46.2 Å². The molecule has 2 N–H and O–H groups in total. The molecule has 1 heterocycles. The average molecular weight is 351 g/mol. The van der Waals surface area contributed by atoms with E-state index >= 15 is 0 Å². The van der Waals surface area contributed by atoms with E-state index in [4.69, 9.17) is 0 Å². The molecule has 0 unspecified atom stereocenters. The van der Waals surface area contributed by atoms with Gasteiger partial charge < -0.3 is 10.6 Å². The largest absolute Gasteiger partial charge is 0.358 e. The minimum absolute atomic E-state index is 0.113. The molecule has 0 aliphatic carbocycles. The Labute approximate surface area is 130 Å². The number of carbonyl (C=O) groups is 2. The highest BCUT2D eigenvalue weighted by Gasteiger charge is 2.11. The summed E-state index contributed by atoms with van der Waals surface area (Å²) >= 11 is 3.35. The maximum absolute atomic E-state index is 12.2. The Morgan fingerprint density at radius 1 is 1.38 bits per heavy atom. The number of hydrogen-bond acceptors (Lipinski definition) is 3. The maximum Gasteiger partial charge on any atom is 0.256 e. The number of nitrogens with zero attached hydrogens (tertiary/aromatic N) is 2. The molecule has 2 aromatic rings. The predicted octanol–water partition coefficient (Wildman–Crippen LogP) is 1.95. The molecule has 0 bridgehead atoms. The second-order valence-electron chi connectivity index (χ2n) is 4.51. The molecule has 2 rings (SSSR count). The number of hydrogen-bond donors (Lipinski definition) is 2. The Morgan fingerprint density at radius 3 is 2.86 bits per heavy atom. The van der Waals surface area contributed by atoms with Crippen molar-refractivity contribution in [3.63, 3.8) is 0 Å². The molecule has 0 spiro atoms. The van der Waals surface area contributed by atoms with Crippen LogP contribution in [0.2, 0.25) is 0 Å². The summed E-state index contributed by atoms with van der Waals surface area (Å²) in [5.74, 6) is -0.368. The molecule has 0 saturated carbocycles. The summed E-state index contributed by atoms with van der Waals surface area (Å²) in [7, 11) is 1.56. The molecule has 0 radical (unpaired) electrons. The molecular weight excluding hydrogens is 336 g/mol. The molecular formula is C14H15BrN4O2. The predicted molar refractivity (Wildman–Crippen MR) is 83.1 cm³/mol. The number of aryl methyl sites for hydroxylation is 1. The molecule has 0 aliphatic heterocycles. The number of amides is 2. The minimum atomic E-state index is -0.215. The molecule has 0 fully saturated rings. The summed E-state index contributed by atoms with van der Waals surface area (Å²) in [6.45, 7) is 1.98. The van der Waals surface area contributed by atoms with Gasteiger partial charge in [-0.05, 0) is 24.6 Å². The quantitative estimate of drug-likeness (QED) is 0.884. The number of anilines is 1. The highest BCUT2D eigenvalue weighted by atomic mass is 79.9. The first-order valence-electron chi connectivity index (χ1n) is 6.30. The SMILES string of the molecule is CNC(=O)Cn1cc(NC(=O)c2cc(Br)ccc2C)cn1. The van der Waals surface area contributed by atoms with Crippen molar-refractivity contribution in [1.29, 1.82) is 0 Å². The lowest BCUT2D eigenvalue weighted by Crippen LogP contribution is -2.23. The van der Waals surface area contributed by atoms with Crippen molar-refractivity contribution in [1.82, 2.24) is 15.1 Å². The van der Waals surface area contributed by atoms with E-state index in [9.17, 15) is 9.59 Å². The highest BCUT2D eigenvalue weighted by molar-refractivity contribution is 9.10. The fourth-order valence-electron chi connectivity index (χ4n) is 1.78. The number of rotatable bonds is 4. The van der Waals surface area contributed by atoms with Gasteiger partial charge in [0.2, 0.25) is 5.91 Å². The van der Waals surface area contributed by atoms with Crippen molar-refractivity contribution in [2.75, 3.05) is 12.4 Å². The highest BCUT2D eigenvalue weighted by Crippen LogP contribution is 2.17. The van der Waals surface area contributed by atoms with Crippen LogP contribution in [-0.4, -0.2) is 28.6 Å². The van der Waals surface area contributed by atoms with E-state index < -0.39 is 0 Å². The van der Waals surface area contributed by atoms with Crippen LogP contribution >= 0.6 is 15.9 Å². The topological polar surface area (TPSA) is 76.0 Å². The van der Waals surface area contributed by atoms with Crippen molar-refractivity contribution in [2.24, 2.45) is 0 Å². The maximum atomic E-state index is 12.2. The van der Waals surface area contributed by atoms with E-state index in [0.29, 0.717) is 11.3 Å². The van der Waals surface area contributed by atoms with Gasteiger partial charge in [-0.1, -0.05) is 22.0 Å². The normalized spacial score (nSPS) is 10.2. The average Bonchev–Trinajstić information content (AvgIpc) is 2.88. The first kappa shape index (κ1) is 15.2. The summed E-state index contributed by atoms with van der Waals surface area (Å²) in [6, 6.07) is 5.52. The molecule has 1 aromatic heterocycles. The lowest BCUT2D eigenvalue weighted by molar-refractivity contribution is -0.121.